The maximum atomic E-state index is 12.7. The van der Waals surface area contributed by atoms with E-state index in [0.717, 1.165) is 48.6 Å². The zero-order chi connectivity index (χ0) is 21.8. The van der Waals surface area contributed by atoms with Crippen LogP contribution in [0, 0.1) is 45.9 Å². The summed E-state index contributed by atoms with van der Waals surface area (Å²) >= 11 is 0. The Kier molecular flexibility index (Phi) is 6.47. The number of anilines is 2. The second kappa shape index (κ2) is 9.04. The molecular weight excluding hydrogens is 372 g/mol. The largest absolute Gasteiger partial charge is 0.373 e. The van der Waals surface area contributed by atoms with Gasteiger partial charge in [-0.3, -0.25) is 4.79 Å². The molecule has 5 heteroatoms. The number of aryl methyl sites for hydroxylation is 4. The van der Waals surface area contributed by atoms with E-state index in [9.17, 15) is 10.1 Å². The Bertz CT molecular complexity index is 1000. The lowest BCUT2D eigenvalue weighted by molar-refractivity contribution is -0.112. The van der Waals surface area contributed by atoms with E-state index in [2.05, 4.69) is 53.2 Å². The van der Waals surface area contributed by atoms with Crippen molar-refractivity contribution in [2.75, 3.05) is 36.4 Å². The molecule has 1 aliphatic rings. The van der Waals surface area contributed by atoms with Crippen molar-refractivity contribution in [2.45, 2.75) is 34.6 Å². The van der Waals surface area contributed by atoms with Crippen molar-refractivity contribution >= 4 is 17.3 Å². The third-order valence-corrected chi connectivity index (χ3v) is 5.82. The number of hydrogen-bond donors (Lipinski definition) is 1. The number of benzene rings is 2. The summed E-state index contributed by atoms with van der Waals surface area (Å²) in [5.74, 6) is -0.357. The molecule has 0 spiro atoms. The van der Waals surface area contributed by atoms with Gasteiger partial charge in [-0.1, -0.05) is 29.8 Å². The van der Waals surface area contributed by atoms with E-state index in [1.54, 1.807) is 6.20 Å². The van der Waals surface area contributed by atoms with E-state index in [4.69, 9.17) is 0 Å². The summed E-state index contributed by atoms with van der Waals surface area (Å²) in [6.07, 6.45) is 1.70. The summed E-state index contributed by atoms with van der Waals surface area (Å²) in [7, 11) is 0. The molecule has 2 aromatic rings. The van der Waals surface area contributed by atoms with Gasteiger partial charge in [-0.05, 0) is 62.9 Å². The number of nitrogens with one attached hydrogen (secondary N) is 1. The van der Waals surface area contributed by atoms with Gasteiger partial charge < -0.3 is 15.1 Å². The van der Waals surface area contributed by atoms with Gasteiger partial charge in [0.15, 0.2) is 0 Å². The summed E-state index contributed by atoms with van der Waals surface area (Å²) in [6, 6.07) is 12.5. The van der Waals surface area contributed by atoms with Crippen LogP contribution in [0.5, 0.6) is 0 Å². The van der Waals surface area contributed by atoms with Gasteiger partial charge in [-0.25, -0.2) is 0 Å². The molecule has 1 heterocycles. The fourth-order valence-corrected chi connectivity index (χ4v) is 4.05. The van der Waals surface area contributed by atoms with Crippen molar-refractivity contribution in [3.63, 3.8) is 0 Å². The highest BCUT2D eigenvalue weighted by Crippen LogP contribution is 2.25. The highest BCUT2D eigenvalue weighted by atomic mass is 16.1. The normalized spacial score (nSPS) is 14.5. The molecule has 0 unspecified atom stereocenters. The molecule has 5 nitrogen and oxygen atoms in total. The van der Waals surface area contributed by atoms with Crippen LogP contribution in [-0.2, 0) is 4.79 Å². The zero-order valence-corrected chi connectivity index (χ0v) is 18.5. The van der Waals surface area contributed by atoms with Gasteiger partial charge in [0, 0.05) is 43.8 Å². The Labute approximate surface area is 179 Å². The Morgan fingerprint density at radius 2 is 1.63 bits per heavy atom. The van der Waals surface area contributed by atoms with Crippen LogP contribution in [0.15, 0.2) is 42.1 Å². The summed E-state index contributed by atoms with van der Waals surface area (Å²) in [5, 5.41) is 12.5. The van der Waals surface area contributed by atoms with Crippen LogP contribution in [-0.4, -0.2) is 37.0 Å². The minimum atomic E-state index is -0.357. The maximum absolute atomic E-state index is 12.7. The van der Waals surface area contributed by atoms with Crippen LogP contribution in [0.3, 0.4) is 0 Å². The van der Waals surface area contributed by atoms with E-state index in [0.29, 0.717) is 0 Å². The van der Waals surface area contributed by atoms with Crippen LogP contribution < -0.4 is 10.2 Å². The first kappa shape index (κ1) is 21.4. The molecule has 1 amide bonds. The van der Waals surface area contributed by atoms with Crippen molar-refractivity contribution in [1.29, 1.82) is 5.26 Å². The number of nitriles is 1. The molecule has 0 atom stereocenters. The standard InChI is InChI=1S/C25H30N4O/c1-17-13-19(3)24(20(4)14-17)27-25(30)22(15-26)16-28-9-11-29(12-10-28)23-8-6-7-18(2)21(23)5/h6-8,13-14,16H,9-12H2,1-5H3,(H,27,30)/b22-16-. The van der Waals surface area contributed by atoms with E-state index in [1.165, 1.54) is 16.8 Å². The molecular formula is C25H30N4O. The SMILES string of the molecule is Cc1cc(C)c(NC(=O)/C(C#N)=C\N2CCN(c3cccc(C)c3C)CC2)c(C)c1. The van der Waals surface area contributed by atoms with E-state index < -0.39 is 0 Å². The monoisotopic (exact) mass is 402 g/mol. The topological polar surface area (TPSA) is 59.4 Å². The van der Waals surface area contributed by atoms with Gasteiger partial charge in [0.1, 0.15) is 11.6 Å². The highest BCUT2D eigenvalue weighted by molar-refractivity contribution is 6.07. The predicted octanol–water partition coefficient (Wildman–Crippen LogP) is 4.40. The van der Waals surface area contributed by atoms with Gasteiger partial charge in [-0.15, -0.1) is 0 Å². The van der Waals surface area contributed by atoms with Crippen LogP contribution in [0.2, 0.25) is 0 Å². The average Bonchev–Trinajstić information content (AvgIpc) is 2.71. The van der Waals surface area contributed by atoms with Crippen LogP contribution >= 0.6 is 0 Å². The third-order valence-electron chi connectivity index (χ3n) is 5.82. The van der Waals surface area contributed by atoms with E-state index in [1.807, 2.05) is 32.9 Å². The Morgan fingerprint density at radius 3 is 2.23 bits per heavy atom. The summed E-state index contributed by atoms with van der Waals surface area (Å²) in [6.45, 7) is 13.5. The second-order valence-electron chi connectivity index (χ2n) is 8.12. The fraction of sp³-hybridized carbons (Fsp3) is 0.360. The Hall–Kier alpha value is -3.26. The molecule has 1 fully saturated rings. The summed E-state index contributed by atoms with van der Waals surface area (Å²) in [5.41, 5.74) is 7.94. The molecule has 3 rings (SSSR count). The first-order valence-corrected chi connectivity index (χ1v) is 10.4. The lowest BCUT2D eigenvalue weighted by Crippen LogP contribution is -2.44. The van der Waals surface area contributed by atoms with Gasteiger partial charge in [-0.2, -0.15) is 5.26 Å². The van der Waals surface area contributed by atoms with Crippen molar-refractivity contribution in [2.24, 2.45) is 0 Å². The predicted molar refractivity (Wildman–Crippen MR) is 123 cm³/mol. The molecule has 1 saturated heterocycles. The molecule has 0 saturated carbocycles. The van der Waals surface area contributed by atoms with Crippen LogP contribution in [0.25, 0.3) is 0 Å². The van der Waals surface area contributed by atoms with E-state index >= 15 is 0 Å². The first-order chi connectivity index (χ1) is 14.3. The van der Waals surface area contributed by atoms with Crippen molar-refractivity contribution in [1.82, 2.24) is 4.90 Å². The molecule has 0 bridgehead atoms. The quantitative estimate of drug-likeness (QED) is 0.608. The summed E-state index contributed by atoms with van der Waals surface area (Å²) < 4.78 is 0. The highest BCUT2D eigenvalue weighted by Gasteiger charge is 2.19. The number of amides is 1. The number of piperazine rings is 1. The van der Waals surface area contributed by atoms with E-state index in [-0.39, 0.29) is 11.5 Å². The number of rotatable bonds is 4. The zero-order valence-electron chi connectivity index (χ0n) is 18.5. The molecule has 1 aliphatic heterocycles. The van der Waals surface area contributed by atoms with Crippen molar-refractivity contribution in [3.8, 4) is 6.07 Å². The van der Waals surface area contributed by atoms with Gasteiger partial charge in [0.25, 0.3) is 5.91 Å². The molecule has 1 N–H and O–H groups in total. The fourth-order valence-electron chi connectivity index (χ4n) is 4.05. The lowest BCUT2D eigenvalue weighted by atomic mass is 10.0. The third kappa shape index (κ3) is 4.65. The second-order valence-corrected chi connectivity index (χ2v) is 8.12. The van der Waals surface area contributed by atoms with Crippen molar-refractivity contribution < 1.29 is 4.79 Å². The maximum Gasteiger partial charge on any atom is 0.267 e. The lowest BCUT2D eigenvalue weighted by Gasteiger charge is -2.36. The molecule has 30 heavy (non-hydrogen) atoms. The average molecular weight is 403 g/mol. The Balaban J connectivity index is 1.68. The van der Waals surface area contributed by atoms with Crippen molar-refractivity contribution in [3.05, 3.63) is 69.9 Å². The van der Waals surface area contributed by atoms with Gasteiger partial charge >= 0.3 is 0 Å². The molecule has 2 aromatic carbocycles. The minimum Gasteiger partial charge on any atom is -0.373 e. The molecule has 0 aliphatic carbocycles. The number of nitrogens with zero attached hydrogens (tertiary/aromatic N) is 3. The molecule has 0 aromatic heterocycles. The number of carbonyl (C=O) groups is 1. The first-order valence-electron chi connectivity index (χ1n) is 10.4. The van der Waals surface area contributed by atoms with Gasteiger partial charge in [0.2, 0.25) is 0 Å². The minimum absolute atomic E-state index is 0.134. The molecule has 0 radical (unpaired) electrons. The smallest absolute Gasteiger partial charge is 0.267 e. The van der Waals surface area contributed by atoms with Crippen LogP contribution in [0.1, 0.15) is 27.8 Å². The number of carbonyl (C=O) groups excluding carboxylic acids is 1. The van der Waals surface area contributed by atoms with Gasteiger partial charge in [0.05, 0.1) is 0 Å². The molecule has 156 valence electrons. The Morgan fingerprint density at radius 1 is 1.00 bits per heavy atom. The number of hydrogen-bond acceptors (Lipinski definition) is 4. The summed E-state index contributed by atoms with van der Waals surface area (Å²) in [4.78, 5) is 17.2. The van der Waals surface area contributed by atoms with Crippen LogP contribution in [0.4, 0.5) is 11.4 Å².